The fourth-order valence-electron chi connectivity index (χ4n) is 3.57. The minimum Gasteiger partial charge on any atom is -0.491 e. The maximum atomic E-state index is 12.9. The van der Waals surface area contributed by atoms with E-state index in [1.165, 1.54) is 0 Å². The number of nitrogens with one attached hydrogen (secondary N) is 1. The van der Waals surface area contributed by atoms with E-state index >= 15 is 0 Å². The topological polar surface area (TPSA) is 94.1 Å². The zero-order chi connectivity index (χ0) is 24.3. The molecule has 3 aromatic rings. The van der Waals surface area contributed by atoms with Crippen LogP contribution in [0.1, 0.15) is 25.0 Å². The standard InChI is InChI=1S/C26H29NO6S/c1-18(13-15-32-24(29)17-34)25(20-9-11-21(12-10-20)31-16-14-28)33-26(30)27-23-8-4-6-19-5-2-3-7-22(19)23/h2-12,18,25,28,34H,13-17H2,1H3,(H,27,30)/t18-,25+/m0/s1. The van der Waals surface area contributed by atoms with E-state index in [1.807, 2.05) is 61.5 Å². The number of carbonyl (C=O) groups is 2. The van der Waals surface area contributed by atoms with E-state index in [-0.39, 0.29) is 31.5 Å². The molecule has 1 amide bonds. The van der Waals surface area contributed by atoms with E-state index in [0.29, 0.717) is 17.9 Å². The molecule has 2 N–H and O–H groups in total. The number of thiol groups is 1. The molecule has 0 bridgehead atoms. The molecule has 7 nitrogen and oxygen atoms in total. The fourth-order valence-corrected chi connectivity index (χ4v) is 3.67. The van der Waals surface area contributed by atoms with Gasteiger partial charge >= 0.3 is 12.1 Å². The van der Waals surface area contributed by atoms with Gasteiger partial charge in [0.25, 0.3) is 0 Å². The number of benzene rings is 3. The Morgan fingerprint density at radius 1 is 1.00 bits per heavy atom. The van der Waals surface area contributed by atoms with Crippen LogP contribution in [0.25, 0.3) is 10.8 Å². The lowest BCUT2D eigenvalue weighted by Crippen LogP contribution is -2.23. The van der Waals surface area contributed by atoms with Crippen LogP contribution in [0.2, 0.25) is 0 Å². The molecular weight excluding hydrogens is 454 g/mol. The maximum Gasteiger partial charge on any atom is 0.412 e. The minimum atomic E-state index is -0.587. The van der Waals surface area contributed by atoms with E-state index in [1.54, 1.807) is 12.1 Å². The monoisotopic (exact) mass is 483 g/mol. The first-order chi connectivity index (χ1) is 16.5. The first-order valence-corrected chi connectivity index (χ1v) is 11.7. The summed E-state index contributed by atoms with van der Waals surface area (Å²) in [5.41, 5.74) is 1.43. The first kappa shape index (κ1) is 25.4. The van der Waals surface area contributed by atoms with E-state index in [0.717, 1.165) is 16.3 Å². The molecule has 3 aromatic carbocycles. The van der Waals surface area contributed by atoms with E-state index in [9.17, 15) is 9.59 Å². The van der Waals surface area contributed by atoms with Crippen molar-refractivity contribution >= 4 is 41.2 Å². The van der Waals surface area contributed by atoms with Crippen LogP contribution in [-0.2, 0) is 14.3 Å². The summed E-state index contributed by atoms with van der Waals surface area (Å²) in [6.45, 7) is 2.24. The summed E-state index contributed by atoms with van der Waals surface area (Å²) in [6.07, 6.45) is -0.674. The van der Waals surface area contributed by atoms with Crippen LogP contribution in [0.5, 0.6) is 5.75 Å². The fraction of sp³-hybridized carbons (Fsp3) is 0.308. The quantitative estimate of drug-likeness (QED) is 0.263. The van der Waals surface area contributed by atoms with Gasteiger partial charge in [0.15, 0.2) is 0 Å². The molecule has 0 radical (unpaired) electrons. The number of rotatable bonds is 11. The molecule has 0 heterocycles. The summed E-state index contributed by atoms with van der Waals surface area (Å²) in [5, 5.41) is 13.7. The Hall–Kier alpha value is -3.23. The van der Waals surface area contributed by atoms with Gasteiger partial charge in [0.1, 0.15) is 18.5 Å². The molecule has 0 spiro atoms. The Kier molecular flexibility index (Phi) is 9.61. The highest BCUT2D eigenvalue weighted by atomic mass is 32.1. The summed E-state index contributed by atoms with van der Waals surface area (Å²) < 4.78 is 16.4. The molecule has 0 saturated heterocycles. The molecule has 0 aliphatic carbocycles. The molecule has 0 aliphatic heterocycles. The molecular formula is C26H29NO6S. The second-order valence-electron chi connectivity index (χ2n) is 7.76. The van der Waals surface area contributed by atoms with Gasteiger partial charge in [0.2, 0.25) is 0 Å². The summed E-state index contributed by atoms with van der Waals surface area (Å²) >= 11 is 3.91. The highest BCUT2D eigenvalue weighted by Gasteiger charge is 2.24. The molecule has 3 rings (SSSR count). The third kappa shape index (κ3) is 7.13. The molecule has 180 valence electrons. The Morgan fingerprint density at radius 3 is 2.47 bits per heavy atom. The Labute approximate surface area is 204 Å². The highest BCUT2D eigenvalue weighted by molar-refractivity contribution is 7.81. The van der Waals surface area contributed by atoms with Crippen LogP contribution in [0.4, 0.5) is 10.5 Å². The lowest BCUT2D eigenvalue weighted by atomic mass is 9.94. The lowest BCUT2D eigenvalue weighted by Gasteiger charge is -2.25. The van der Waals surface area contributed by atoms with Gasteiger partial charge in [-0.2, -0.15) is 12.6 Å². The number of hydrogen-bond donors (Lipinski definition) is 3. The predicted octanol–water partition coefficient (Wildman–Crippen LogP) is 5.00. The Bertz CT molecular complexity index is 1080. The number of hydrogen-bond acceptors (Lipinski definition) is 7. The minimum absolute atomic E-state index is 0.0110. The van der Waals surface area contributed by atoms with Gasteiger partial charge in [0, 0.05) is 11.3 Å². The highest BCUT2D eigenvalue weighted by Crippen LogP contribution is 2.31. The molecule has 34 heavy (non-hydrogen) atoms. The number of carbonyl (C=O) groups excluding carboxylic acids is 2. The van der Waals surface area contributed by atoms with Gasteiger partial charge in [-0.15, -0.1) is 0 Å². The van der Waals surface area contributed by atoms with Gasteiger partial charge in [-0.3, -0.25) is 10.1 Å². The van der Waals surface area contributed by atoms with E-state index in [4.69, 9.17) is 19.3 Å². The van der Waals surface area contributed by atoms with Gasteiger partial charge < -0.3 is 19.3 Å². The van der Waals surface area contributed by atoms with Crippen molar-refractivity contribution in [3.8, 4) is 5.75 Å². The second-order valence-corrected chi connectivity index (χ2v) is 8.08. The number of aliphatic hydroxyl groups is 1. The number of amides is 1. The van der Waals surface area contributed by atoms with Crippen molar-refractivity contribution in [1.82, 2.24) is 0 Å². The lowest BCUT2D eigenvalue weighted by molar-refractivity contribution is -0.141. The molecule has 0 fully saturated rings. The number of fused-ring (bicyclic) bond motifs is 1. The van der Waals surface area contributed by atoms with Crippen molar-refractivity contribution in [2.75, 3.05) is 30.9 Å². The number of anilines is 1. The molecule has 0 saturated carbocycles. The van der Waals surface area contributed by atoms with Crippen LogP contribution in [0.3, 0.4) is 0 Å². The van der Waals surface area contributed by atoms with Crippen LogP contribution in [0.15, 0.2) is 66.7 Å². The zero-order valence-electron chi connectivity index (χ0n) is 19.0. The molecule has 0 unspecified atom stereocenters. The van der Waals surface area contributed by atoms with Crippen molar-refractivity contribution in [1.29, 1.82) is 0 Å². The number of ether oxygens (including phenoxy) is 3. The molecule has 2 atom stereocenters. The Balaban J connectivity index is 1.75. The molecule has 8 heteroatoms. The first-order valence-electron chi connectivity index (χ1n) is 11.1. The molecule has 0 aliphatic rings. The zero-order valence-corrected chi connectivity index (χ0v) is 19.9. The van der Waals surface area contributed by atoms with Crippen molar-refractivity contribution in [2.24, 2.45) is 5.92 Å². The Morgan fingerprint density at radius 2 is 1.74 bits per heavy atom. The summed E-state index contributed by atoms with van der Waals surface area (Å²) in [7, 11) is 0. The van der Waals surface area contributed by atoms with Crippen molar-refractivity contribution in [2.45, 2.75) is 19.4 Å². The average Bonchev–Trinajstić information content (AvgIpc) is 2.86. The SMILES string of the molecule is C[C@@H](CCOC(=O)CS)[C@@H](OC(=O)Nc1cccc2ccccc12)c1ccc(OCCO)cc1. The normalized spacial score (nSPS) is 12.6. The maximum absolute atomic E-state index is 12.9. The second kappa shape index (κ2) is 12.9. The number of aliphatic hydroxyl groups excluding tert-OH is 1. The smallest absolute Gasteiger partial charge is 0.412 e. The summed E-state index contributed by atoms with van der Waals surface area (Å²) in [4.78, 5) is 24.3. The average molecular weight is 484 g/mol. The van der Waals surface area contributed by atoms with E-state index < -0.39 is 18.2 Å². The largest absolute Gasteiger partial charge is 0.491 e. The van der Waals surface area contributed by atoms with Crippen molar-refractivity contribution in [3.05, 3.63) is 72.3 Å². The summed E-state index contributed by atoms with van der Waals surface area (Å²) in [6, 6.07) is 20.6. The van der Waals surface area contributed by atoms with Gasteiger partial charge in [-0.05, 0) is 35.6 Å². The van der Waals surface area contributed by atoms with Crippen LogP contribution < -0.4 is 10.1 Å². The van der Waals surface area contributed by atoms with Crippen molar-refractivity contribution in [3.63, 3.8) is 0 Å². The predicted molar refractivity (Wildman–Crippen MR) is 134 cm³/mol. The van der Waals surface area contributed by atoms with Gasteiger partial charge in [-0.1, -0.05) is 55.5 Å². The van der Waals surface area contributed by atoms with Gasteiger partial charge in [-0.25, -0.2) is 4.79 Å². The van der Waals surface area contributed by atoms with Crippen LogP contribution in [-0.4, -0.2) is 42.7 Å². The van der Waals surface area contributed by atoms with Crippen LogP contribution >= 0.6 is 12.6 Å². The van der Waals surface area contributed by atoms with E-state index in [2.05, 4.69) is 17.9 Å². The third-order valence-corrected chi connectivity index (χ3v) is 5.57. The van der Waals surface area contributed by atoms with Crippen molar-refractivity contribution < 1.29 is 28.9 Å². The summed E-state index contributed by atoms with van der Waals surface area (Å²) in [5.74, 6) is 0.0752. The number of esters is 1. The molecule has 0 aromatic heterocycles. The van der Waals surface area contributed by atoms with Crippen LogP contribution in [0, 0.1) is 5.92 Å². The third-order valence-electron chi connectivity index (χ3n) is 5.31. The van der Waals surface area contributed by atoms with Gasteiger partial charge in [0.05, 0.1) is 24.7 Å².